The molecule has 0 radical (unpaired) electrons. The molecule has 1 aromatic heterocycles. The molecule has 0 amide bonds. The Balaban J connectivity index is 1.71. The number of benzene rings is 1. The molecule has 0 saturated carbocycles. The van der Waals surface area contributed by atoms with Crippen molar-refractivity contribution >= 4 is 33.5 Å². The molecule has 2 aliphatic heterocycles. The largest absolute Gasteiger partial charge is 0.353 e. The summed E-state index contributed by atoms with van der Waals surface area (Å²) in [7, 11) is 0. The molecule has 3 heterocycles. The molecule has 4 nitrogen and oxygen atoms in total. The van der Waals surface area contributed by atoms with Crippen LogP contribution in [0.1, 0.15) is 14.6 Å². The van der Waals surface area contributed by atoms with Crippen LogP contribution in [-0.2, 0) is 0 Å². The molecule has 0 bridgehead atoms. The summed E-state index contributed by atoms with van der Waals surface area (Å²) in [6.45, 7) is 2.05. The maximum atomic E-state index is 13.7. The normalized spacial score (nSPS) is 20.3. The highest BCUT2D eigenvalue weighted by Gasteiger charge is 2.25. The Morgan fingerprint density at radius 3 is 2.87 bits per heavy atom. The fourth-order valence-electron chi connectivity index (χ4n) is 2.94. The number of rotatable bonds is 0. The minimum Gasteiger partial charge on any atom is -0.353 e. The van der Waals surface area contributed by atoms with E-state index in [4.69, 9.17) is 9.10 Å². The number of fused-ring (bicyclic) bond motifs is 2. The third kappa shape index (κ3) is 2.72. The number of hydrogen-bond acceptors (Lipinski definition) is 5. The summed E-state index contributed by atoms with van der Waals surface area (Å²) in [5, 5.41) is 4.24. The highest BCUT2D eigenvalue weighted by atomic mass is 32.1. The number of aliphatic imine (C=N–C) groups is 1. The first-order valence-electron chi connectivity index (χ1n) is 9.07. The Morgan fingerprint density at radius 1 is 1.26 bits per heavy atom. The predicted molar refractivity (Wildman–Crippen MR) is 94.0 cm³/mol. The van der Waals surface area contributed by atoms with Crippen LogP contribution in [0.15, 0.2) is 29.3 Å². The number of amidine groups is 1. The molecular weight excluding hydrogens is 311 g/mol. The van der Waals surface area contributed by atoms with Crippen LogP contribution in [0.2, 0.25) is 0 Å². The molecule has 2 aromatic rings. The molecule has 2 aliphatic rings. The van der Waals surface area contributed by atoms with Crippen LogP contribution < -0.4 is 5.32 Å². The summed E-state index contributed by atoms with van der Waals surface area (Å²) in [4.78, 5) is 9.58. The number of thiophene rings is 1. The van der Waals surface area contributed by atoms with Crippen molar-refractivity contribution in [1.29, 1.82) is 0 Å². The van der Waals surface area contributed by atoms with Crippen molar-refractivity contribution in [1.82, 2.24) is 9.80 Å². The second kappa shape index (κ2) is 5.62. The fourth-order valence-corrected chi connectivity index (χ4v) is 3.85. The number of piperazine rings is 1. The highest BCUT2D eigenvalue weighted by molar-refractivity contribution is 7.16. The van der Waals surface area contributed by atoms with Gasteiger partial charge in [0.15, 0.2) is 0 Å². The molecule has 120 valence electrons. The monoisotopic (exact) mass is 333 g/mol. The van der Waals surface area contributed by atoms with Crippen LogP contribution in [-0.4, -0.2) is 48.8 Å². The molecule has 0 aliphatic carbocycles. The van der Waals surface area contributed by atoms with Crippen molar-refractivity contribution in [3.8, 4) is 0 Å². The number of aryl methyl sites for hydroxylation is 1. The number of likely N-dealkylation sites (N-methyl/N-ethyl adjacent to an activating group) is 1. The van der Waals surface area contributed by atoms with Crippen LogP contribution in [0.4, 0.5) is 20.8 Å². The summed E-state index contributed by atoms with van der Waals surface area (Å²) < 4.78 is 36.4. The molecule has 0 atom stereocenters. The molecule has 1 aromatic carbocycles. The first-order chi connectivity index (χ1) is 12.3. The van der Waals surface area contributed by atoms with Crippen molar-refractivity contribution in [2.24, 2.45) is 4.99 Å². The van der Waals surface area contributed by atoms with Gasteiger partial charge in [0.1, 0.15) is 16.7 Å². The van der Waals surface area contributed by atoms with Gasteiger partial charge in [-0.3, -0.25) is 0 Å². The second-order valence-corrected chi connectivity index (χ2v) is 7.05. The summed E-state index contributed by atoms with van der Waals surface area (Å²) in [5.41, 5.74) is 2.30. The molecule has 4 rings (SSSR count). The van der Waals surface area contributed by atoms with Crippen LogP contribution >= 0.6 is 11.3 Å². The summed E-state index contributed by atoms with van der Waals surface area (Å²) in [6.07, 6.45) is 0. The lowest BCUT2D eigenvalue weighted by Crippen LogP contribution is -2.47. The molecular formula is C17H19FN4S. The summed E-state index contributed by atoms with van der Waals surface area (Å²) in [5.74, 6) is 0.503. The zero-order chi connectivity index (χ0) is 18.5. The van der Waals surface area contributed by atoms with Crippen LogP contribution in [0, 0.1) is 12.7 Å². The van der Waals surface area contributed by atoms with E-state index in [9.17, 15) is 4.39 Å². The van der Waals surface area contributed by atoms with E-state index in [1.165, 1.54) is 17.0 Å². The first kappa shape index (κ1) is 11.6. The van der Waals surface area contributed by atoms with Gasteiger partial charge in [-0.1, -0.05) is 0 Å². The lowest BCUT2D eigenvalue weighted by Gasteiger charge is -2.34. The first-order valence-corrected chi connectivity index (χ1v) is 8.39. The van der Waals surface area contributed by atoms with Gasteiger partial charge in [-0.2, -0.15) is 0 Å². The van der Waals surface area contributed by atoms with Gasteiger partial charge < -0.3 is 15.1 Å². The lowest BCUT2D eigenvalue weighted by molar-refractivity contribution is 0.216. The highest BCUT2D eigenvalue weighted by Crippen LogP contribution is 2.39. The van der Waals surface area contributed by atoms with Crippen molar-refractivity contribution in [2.75, 3.05) is 38.5 Å². The maximum absolute atomic E-state index is 13.7. The van der Waals surface area contributed by atoms with Gasteiger partial charge in [0.25, 0.3) is 0 Å². The number of halogens is 1. The van der Waals surface area contributed by atoms with Gasteiger partial charge in [-0.15, -0.1) is 11.3 Å². The van der Waals surface area contributed by atoms with E-state index in [1.807, 2.05) is 6.92 Å². The second-order valence-electron chi connectivity index (χ2n) is 5.80. The Hall–Kier alpha value is -1.92. The van der Waals surface area contributed by atoms with E-state index in [2.05, 4.69) is 16.3 Å². The molecule has 0 unspecified atom stereocenters. The van der Waals surface area contributed by atoms with Crippen LogP contribution in [0.5, 0.6) is 0 Å². The smallest absolute Gasteiger partial charge is 0.139 e. The van der Waals surface area contributed by atoms with Gasteiger partial charge in [-0.25, -0.2) is 9.38 Å². The standard InChI is InChI=1S/C17H19FN4S/c1-11-9-13-16(22-7-5-21(2)6-8-22)19-14-4-3-12(18)10-15(14)20-17(13)23-11/h3-4,9-10,20H,5-8H2,1-2H3/i2D3. The van der Waals surface area contributed by atoms with E-state index >= 15 is 0 Å². The fraction of sp³-hybridized carbons (Fsp3) is 0.353. The number of nitrogens with one attached hydrogen (secondary N) is 1. The molecule has 6 heteroatoms. The predicted octanol–water partition coefficient (Wildman–Crippen LogP) is 3.58. The zero-order valence-electron chi connectivity index (χ0n) is 15.8. The van der Waals surface area contributed by atoms with Gasteiger partial charge >= 0.3 is 0 Å². The van der Waals surface area contributed by atoms with E-state index in [-0.39, 0.29) is 5.82 Å². The average Bonchev–Trinajstić information content (AvgIpc) is 2.86. The van der Waals surface area contributed by atoms with Crippen molar-refractivity contribution in [3.05, 3.63) is 40.5 Å². The molecule has 23 heavy (non-hydrogen) atoms. The number of hydrogen-bond donors (Lipinski definition) is 1. The zero-order valence-corrected chi connectivity index (χ0v) is 13.6. The van der Waals surface area contributed by atoms with Gasteiger partial charge in [0.2, 0.25) is 0 Å². The van der Waals surface area contributed by atoms with Crippen LogP contribution in [0.3, 0.4) is 0 Å². The maximum Gasteiger partial charge on any atom is 0.139 e. The minimum atomic E-state index is -2.06. The Kier molecular flexibility index (Phi) is 2.83. The summed E-state index contributed by atoms with van der Waals surface area (Å²) >= 11 is 1.60. The van der Waals surface area contributed by atoms with E-state index < -0.39 is 6.98 Å². The molecule has 1 N–H and O–H groups in total. The lowest BCUT2D eigenvalue weighted by atomic mass is 10.2. The summed E-state index contributed by atoms with van der Waals surface area (Å²) in [6, 6.07) is 6.59. The number of anilines is 2. The Morgan fingerprint density at radius 2 is 2.09 bits per heavy atom. The molecule has 1 saturated heterocycles. The van der Waals surface area contributed by atoms with Gasteiger partial charge in [0, 0.05) is 35.2 Å². The molecule has 0 spiro atoms. The molecule has 1 fully saturated rings. The quantitative estimate of drug-likeness (QED) is 0.799. The average molecular weight is 333 g/mol. The third-order valence-corrected chi connectivity index (χ3v) is 5.07. The van der Waals surface area contributed by atoms with Crippen molar-refractivity contribution in [3.63, 3.8) is 0 Å². The minimum absolute atomic E-state index is 0.309. The van der Waals surface area contributed by atoms with E-state index in [1.54, 1.807) is 17.4 Å². The Bertz CT molecular complexity index is 869. The van der Waals surface area contributed by atoms with Crippen LogP contribution in [0.25, 0.3) is 0 Å². The van der Waals surface area contributed by atoms with Gasteiger partial charge in [-0.05, 0) is 38.2 Å². The topological polar surface area (TPSA) is 30.9 Å². The number of nitrogens with zero attached hydrogens (tertiary/aromatic N) is 3. The van der Waals surface area contributed by atoms with Gasteiger partial charge in [0.05, 0.1) is 16.9 Å². The third-order valence-electron chi connectivity index (χ3n) is 4.11. The van der Waals surface area contributed by atoms with E-state index in [0.29, 0.717) is 37.6 Å². The van der Waals surface area contributed by atoms with E-state index in [0.717, 1.165) is 21.3 Å². The Labute approximate surface area is 143 Å². The van der Waals surface area contributed by atoms with Crippen molar-refractivity contribution in [2.45, 2.75) is 6.92 Å². The van der Waals surface area contributed by atoms with Crippen molar-refractivity contribution < 1.29 is 8.50 Å². The SMILES string of the molecule is [2H]C([2H])([2H])N1CCN(C2=Nc3ccc(F)cc3Nc3sc(C)cc32)CC1.